The summed E-state index contributed by atoms with van der Waals surface area (Å²) in [5.41, 5.74) is 1.02. The monoisotopic (exact) mass is 557 g/mol. The third-order valence-electron chi connectivity index (χ3n) is 7.35. The van der Waals surface area contributed by atoms with E-state index in [0.29, 0.717) is 29.9 Å². The van der Waals surface area contributed by atoms with Gasteiger partial charge in [0.1, 0.15) is 11.9 Å². The smallest absolute Gasteiger partial charge is 0.416 e. The summed E-state index contributed by atoms with van der Waals surface area (Å²) in [4.78, 5) is 16.4. The van der Waals surface area contributed by atoms with Crippen molar-refractivity contribution in [1.82, 2.24) is 4.90 Å². The Morgan fingerprint density at radius 3 is 2.26 bits per heavy atom. The van der Waals surface area contributed by atoms with Crippen LogP contribution in [0.4, 0.5) is 13.2 Å². The van der Waals surface area contributed by atoms with Crippen LogP contribution < -0.4 is 14.2 Å². The average Bonchev–Trinajstić information content (AvgIpc) is 3.21. The first-order valence-electron chi connectivity index (χ1n) is 12.9. The van der Waals surface area contributed by atoms with Crippen molar-refractivity contribution in [2.75, 3.05) is 14.2 Å². The molecule has 2 aliphatic heterocycles. The van der Waals surface area contributed by atoms with Crippen molar-refractivity contribution in [3.8, 4) is 17.2 Å². The van der Waals surface area contributed by atoms with Gasteiger partial charge in [0.15, 0.2) is 11.5 Å². The first-order chi connectivity index (χ1) is 18.7. The van der Waals surface area contributed by atoms with E-state index in [1.54, 1.807) is 32.0 Å². The number of thioether (sulfide) groups is 1. The molecule has 5 rings (SSSR count). The van der Waals surface area contributed by atoms with Gasteiger partial charge in [0.2, 0.25) is 0 Å². The molecule has 0 N–H and O–H groups in total. The maximum Gasteiger partial charge on any atom is 0.416 e. The molecule has 2 unspecified atom stereocenters. The Balaban J connectivity index is 1.18. The van der Waals surface area contributed by atoms with Crippen molar-refractivity contribution in [2.45, 2.75) is 60.7 Å². The van der Waals surface area contributed by atoms with Gasteiger partial charge in [0.05, 0.1) is 19.8 Å². The number of methoxy groups -OCH3 is 2. The summed E-state index contributed by atoms with van der Waals surface area (Å²) in [6, 6.07) is 18.6. The van der Waals surface area contributed by atoms with Gasteiger partial charge in [-0.05, 0) is 66.9 Å². The summed E-state index contributed by atoms with van der Waals surface area (Å²) >= 11 is 1.67. The molecular weight excluding hydrogens is 527 g/mol. The maximum atomic E-state index is 13.4. The number of nitrogens with zero attached hydrogens (tertiary/aromatic N) is 1. The Hall–Kier alpha value is -3.33. The summed E-state index contributed by atoms with van der Waals surface area (Å²) in [5.74, 6) is 2.33. The van der Waals surface area contributed by atoms with Crippen LogP contribution in [0.15, 0.2) is 71.6 Å². The van der Waals surface area contributed by atoms with Gasteiger partial charge < -0.3 is 19.1 Å². The van der Waals surface area contributed by atoms with Crippen LogP contribution in [-0.4, -0.2) is 43.2 Å². The van der Waals surface area contributed by atoms with Crippen LogP contribution in [0.25, 0.3) is 0 Å². The number of benzene rings is 3. The van der Waals surface area contributed by atoms with Crippen LogP contribution in [0.3, 0.4) is 0 Å². The summed E-state index contributed by atoms with van der Waals surface area (Å²) in [7, 11) is 3.22. The molecule has 2 bridgehead atoms. The number of amides is 1. The summed E-state index contributed by atoms with van der Waals surface area (Å²) in [5, 5.41) is 0. The normalized spacial score (nSPS) is 20.5. The van der Waals surface area contributed by atoms with Crippen molar-refractivity contribution in [1.29, 1.82) is 0 Å². The van der Waals surface area contributed by atoms with E-state index in [9.17, 15) is 18.0 Å². The molecule has 0 spiro atoms. The molecule has 9 heteroatoms. The molecule has 3 aromatic carbocycles. The summed E-state index contributed by atoms with van der Waals surface area (Å²) in [6.45, 7) is 0. The zero-order valence-corrected chi connectivity index (χ0v) is 22.6. The lowest BCUT2D eigenvalue weighted by molar-refractivity contribution is -0.137. The fraction of sp³-hybridized carbons (Fsp3) is 0.367. The van der Waals surface area contributed by atoms with Crippen LogP contribution in [0.1, 0.15) is 47.2 Å². The topological polar surface area (TPSA) is 48.0 Å². The first kappa shape index (κ1) is 27.2. The predicted octanol–water partition coefficient (Wildman–Crippen LogP) is 7.23. The Morgan fingerprint density at radius 1 is 0.923 bits per heavy atom. The molecule has 5 nitrogen and oxygen atoms in total. The van der Waals surface area contributed by atoms with E-state index >= 15 is 0 Å². The third-order valence-corrected chi connectivity index (χ3v) is 8.41. The number of piperidine rings is 1. The fourth-order valence-electron chi connectivity index (χ4n) is 5.46. The second-order valence-corrected chi connectivity index (χ2v) is 10.9. The van der Waals surface area contributed by atoms with E-state index in [1.165, 1.54) is 6.07 Å². The van der Waals surface area contributed by atoms with E-state index in [1.807, 2.05) is 47.4 Å². The largest absolute Gasteiger partial charge is 0.493 e. The van der Waals surface area contributed by atoms with Crippen molar-refractivity contribution in [3.05, 3.63) is 83.4 Å². The predicted molar refractivity (Wildman–Crippen MR) is 144 cm³/mol. The minimum absolute atomic E-state index is 0.000822. The molecule has 1 amide bonds. The van der Waals surface area contributed by atoms with Gasteiger partial charge in [-0.3, -0.25) is 4.79 Å². The van der Waals surface area contributed by atoms with Gasteiger partial charge in [-0.15, -0.1) is 11.8 Å². The lowest BCUT2D eigenvalue weighted by Gasteiger charge is -2.39. The standard InChI is InChI=1S/C30H30F3NO4S/c1-36-27-13-12-26(17-28(27)37-2)39-18-19-6-8-20(9-7-19)29(35)34-22-10-11-23(34)16-25(15-22)38-24-5-3-4-21(14-24)30(31,32)33/h3-9,12-14,17,22-23,25H,10-11,15-16,18H2,1-2H3. The number of hydrogen-bond donors (Lipinski definition) is 0. The van der Waals surface area contributed by atoms with Gasteiger partial charge in [0.25, 0.3) is 5.91 Å². The quantitative estimate of drug-likeness (QED) is 0.274. The molecule has 2 atom stereocenters. The molecule has 0 aliphatic carbocycles. The highest BCUT2D eigenvalue weighted by atomic mass is 32.2. The maximum absolute atomic E-state index is 13.4. The molecule has 2 fully saturated rings. The second-order valence-electron chi connectivity index (χ2n) is 9.84. The van der Waals surface area contributed by atoms with Crippen LogP contribution >= 0.6 is 11.8 Å². The molecule has 0 saturated carbocycles. The van der Waals surface area contributed by atoms with E-state index in [-0.39, 0.29) is 29.8 Å². The number of halogens is 3. The Morgan fingerprint density at radius 2 is 1.62 bits per heavy atom. The third kappa shape index (κ3) is 6.13. The van der Waals surface area contributed by atoms with Crippen molar-refractivity contribution < 1.29 is 32.2 Å². The van der Waals surface area contributed by atoms with E-state index in [2.05, 4.69) is 0 Å². The number of fused-ring (bicyclic) bond motifs is 2. The van der Waals surface area contributed by atoms with Gasteiger partial charge >= 0.3 is 6.18 Å². The molecule has 0 radical (unpaired) electrons. The van der Waals surface area contributed by atoms with Crippen molar-refractivity contribution in [3.63, 3.8) is 0 Å². The first-order valence-corrected chi connectivity index (χ1v) is 13.8. The van der Waals surface area contributed by atoms with Crippen LogP contribution in [0.5, 0.6) is 17.2 Å². The van der Waals surface area contributed by atoms with Gasteiger partial charge in [-0.25, -0.2) is 0 Å². The van der Waals surface area contributed by atoms with E-state index < -0.39 is 11.7 Å². The SMILES string of the molecule is COc1ccc(SCc2ccc(C(=O)N3C4CCC3CC(Oc3cccc(C(F)(F)F)c3)C4)cc2)cc1OC. The number of carbonyl (C=O) groups excluding carboxylic acids is 1. The Labute approximate surface area is 230 Å². The average molecular weight is 558 g/mol. The Kier molecular flexibility index (Phi) is 7.98. The lowest BCUT2D eigenvalue weighted by Crippen LogP contribution is -2.49. The number of hydrogen-bond acceptors (Lipinski definition) is 5. The number of carbonyl (C=O) groups is 1. The molecule has 206 valence electrons. The fourth-order valence-corrected chi connectivity index (χ4v) is 6.34. The number of alkyl halides is 3. The Bertz CT molecular complexity index is 1300. The highest BCUT2D eigenvalue weighted by Gasteiger charge is 2.44. The lowest BCUT2D eigenvalue weighted by atomic mass is 9.98. The molecule has 0 aromatic heterocycles. The van der Waals surface area contributed by atoms with Crippen LogP contribution in [0.2, 0.25) is 0 Å². The van der Waals surface area contributed by atoms with Crippen LogP contribution in [-0.2, 0) is 11.9 Å². The van der Waals surface area contributed by atoms with Crippen molar-refractivity contribution >= 4 is 17.7 Å². The molecule has 3 aromatic rings. The molecule has 39 heavy (non-hydrogen) atoms. The second kappa shape index (κ2) is 11.4. The molecule has 2 heterocycles. The highest BCUT2D eigenvalue weighted by molar-refractivity contribution is 7.98. The molecule has 2 aliphatic rings. The minimum atomic E-state index is -4.41. The van der Waals surface area contributed by atoms with Crippen molar-refractivity contribution in [2.24, 2.45) is 0 Å². The van der Waals surface area contributed by atoms with Gasteiger partial charge in [-0.1, -0.05) is 18.2 Å². The van der Waals surface area contributed by atoms with Gasteiger partial charge in [-0.2, -0.15) is 13.2 Å². The summed E-state index contributed by atoms with van der Waals surface area (Å²) in [6.07, 6.45) is -1.66. The highest BCUT2D eigenvalue weighted by Crippen LogP contribution is 2.39. The zero-order chi connectivity index (χ0) is 27.6. The van der Waals surface area contributed by atoms with E-state index in [4.69, 9.17) is 14.2 Å². The number of ether oxygens (including phenoxy) is 3. The molecule has 2 saturated heterocycles. The zero-order valence-electron chi connectivity index (χ0n) is 21.7. The van der Waals surface area contributed by atoms with Gasteiger partial charge in [0, 0.05) is 41.1 Å². The molecular formula is C30H30F3NO4S. The van der Waals surface area contributed by atoms with Crippen LogP contribution in [0, 0.1) is 0 Å². The van der Waals surface area contributed by atoms with E-state index in [0.717, 1.165) is 41.2 Å². The minimum Gasteiger partial charge on any atom is -0.493 e. The summed E-state index contributed by atoms with van der Waals surface area (Å²) < 4.78 is 55.8. The number of rotatable bonds is 8.